The third kappa shape index (κ3) is 6.19. The van der Waals surface area contributed by atoms with E-state index in [2.05, 4.69) is 4.74 Å². The summed E-state index contributed by atoms with van der Waals surface area (Å²) in [5, 5.41) is 0. The van der Waals surface area contributed by atoms with Crippen molar-refractivity contribution in [3.8, 4) is 0 Å². The van der Waals surface area contributed by atoms with Gasteiger partial charge in [0.05, 0.1) is 0 Å². The third-order valence-corrected chi connectivity index (χ3v) is 7.03. The minimum atomic E-state index is -4.95. The van der Waals surface area contributed by atoms with Crippen molar-refractivity contribution in [2.75, 3.05) is 0 Å². The Morgan fingerprint density at radius 2 is 1.45 bits per heavy atom. The SMILES string of the molecule is CCCCc1cc(F)c(C2CCC(C3CCC(OC(=O)C(F)(F)F)CC3)CC2)c(F)c1. The quantitative estimate of drug-likeness (QED) is 0.340. The zero-order valence-electron chi connectivity index (χ0n) is 17.9. The maximum absolute atomic E-state index is 14.6. The van der Waals surface area contributed by atoms with Gasteiger partial charge in [-0.2, -0.15) is 13.2 Å². The summed E-state index contributed by atoms with van der Waals surface area (Å²) in [6.07, 6.45) is 2.41. The summed E-state index contributed by atoms with van der Waals surface area (Å²) in [5.41, 5.74) is 0.915. The number of unbranched alkanes of at least 4 members (excludes halogenated alkanes) is 1. The van der Waals surface area contributed by atoms with Gasteiger partial charge in [-0.25, -0.2) is 13.6 Å². The van der Waals surface area contributed by atoms with E-state index in [1.807, 2.05) is 6.92 Å². The fourth-order valence-electron chi connectivity index (χ4n) is 5.33. The second-order valence-electron chi connectivity index (χ2n) is 9.13. The zero-order valence-corrected chi connectivity index (χ0v) is 17.9. The lowest BCUT2D eigenvalue weighted by Crippen LogP contribution is -2.34. The first-order chi connectivity index (χ1) is 14.7. The molecular formula is C24H31F5O2. The highest BCUT2D eigenvalue weighted by Gasteiger charge is 2.43. The molecule has 7 heteroatoms. The molecule has 0 unspecified atom stereocenters. The van der Waals surface area contributed by atoms with E-state index in [1.165, 1.54) is 12.1 Å². The van der Waals surface area contributed by atoms with E-state index < -0.39 is 29.9 Å². The van der Waals surface area contributed by atoms with Gasteiger partial charge >= 0.3 is 12.1 Å². The molecular weight excluding hydrogens is 415 g/mol. The first-order valence-electron chi connectivity index (χ1n) is 11.4. The molecule has 0 bridgehead atoms. The molecule has 0 N–H and O–H groups in total. The van der Waals surface area contributed by atoms with Crippen LogP contribution < -0.4 is 0 Å². The number of rotatable bonds is 6. The van der Waals surface area contributed by atoms with Crippen molar-refractivity contribution in [3.05, 3.63) is 34.9 Å². The Hall–Kier alpha value is -1.66. The number of carbonyl (C=O) groups is 1. The smallest absolute Gasteiger partial charge is 0.456 e. The topological polar surface area (TPSA) is 26.3 Å². The summed E-state index contributed by atoms with van der Waals surface area (Å²) < 4.78 is 70.9. The van der Waals surface area contributed by atoms with Crippen molar-refractivity contribution >= 4 is 5.97 Å². The van der Waals surface area contributed by atoms with Crippen molar-refractivity contribution in [3.63, 3.8) is 0 Å². The number of hydrogen-bond acceptors (Lipinski definition) is 2. The van der Waals surface area contributed by atoms with Crippen LogP contribution in [0.15, 0.2) is 12.1 Å². The fraction of sp³-hybridized carbons (Fsp3) is 0.708. The molecule has 0 aliphatic heterocycles. The molecule has 2 aliphatic carbocycles. The zero-order chi connectivity index (χ0) is 22.6. The Morgan fingerprint density at radius 1 is 0.935 bits per heavy atom. The lowest BCUT2D eigenvalue weighted by atomic mass is 9.69. The Balaban J connectivity index is 1.50. The van der Waals surface area contributed by atoms with Gasteiger partial charge in [0.15, 0.2) is 0 Å². The largest absolute Gasteiger partial charge is 0.490 e. The van der Waals surface area contributed by atoms with E-state index in [9.17, 15) is 26.7 Å². The van der Waals surface area contributed by atoms with E-state index in [4.69, 9.17) is 0 Å². The molecule has 0 spiro atoms. The second kappa shape index (κ2) is 10.3. The van der Waals surface area contributed by atoms with Gasteiger partial charge in [-0.05, 0) is 99.7 Å². The maximum Gasteiger partial charge on any atom is 0.490 e. The van der Waals surface area contributed by atoms with Gasteiger partial charge in [-0.3, -0.25) is 0 Å². The van der Waals surface area contributed by atoms with Crippen LogP contribution in [-0.2, 0) is 16.0 Å². The van der Waals surface area contributed by atoms with E-state index in [0.29, 0.717) is 36.7 Å². The Bertz CT molecular complexity index is 722. The van der Waals surface area contributed by atoms with Gasteiger partial charge in [-0.15, -0.1) is 0 Å². The minimum absolute atomic E-state index is 0.124. The third-order valence-electron chi connectivity index (χ3n) is 7.03. The number of benzene rings is 1. The molecule has 2 aliphatic rings. The summed E-state index contributed by atoms with van der Waals surface area (Å²) in [4.78, 5) is 11.0. The monoisotopic (exact) mass is 446 g/mol. The van der Waals surface area contributed by atoms with Crippen molar-refractivity contribution in [1.29, 1.82) is 0 Å². The highest BCUT2D eigenvalue weighted by molar-refractivity contribution is 5.75. The van der Waals surface area contributed by atoms with Crippen molar-refractivity contribution < 1.29 is 31.5 Å². The number of carbonyl (C=O) groups excluding carboxylic acids is 1. The molecule has 2 nitrogen and oxygen atoms in total. The number of hydrogen-bond donors (Lipinski definition) is 0. The number of ether oxygens (including phenoxy) is 1. The van der Waals surface area contributed by atoms with Crippen LogP contribution in [0, 0.1) is 23.5 Å². The summed E-state index contributed by atoms with van der Waals surface area (Å²) in [7, 11) is 0. The average Bonchev–Trinajstić information content (AvgIpc) is 2.72. The molecule has 174 valence electrons. The van der Waals surface area contributed by atoms with Crippen molar-refractivity contribution in [2.45, 2.75) is 95.8 Å². The normalized spacial score (nSPS) is 27.2. The molecule has 0 radical (unpaired) electrons. The van der Waals surface area contributed by atoms with Crippen molar-refractivity contribution in [1.82, 2.24) is 0 Å². The summed E-state index contributed by atoms with van der Waals surface area (Å²) in [6.45, 7) is 2.04. The standard InChI is InChI=1S/C24H31F5O2/c1-2-3-4-15-13-20(25)22(21(26)14-15)18-7-5-16(6-8-18)17-9-11-19(12-10-17)31-23(30)24(27,28)29/h13-14,16-19H,2-12H2,1H3. The number of esters is 1. The second-order valence-corrected chi connectivity index (χ2v) is 9.13. The van der Waals surface area contributed by atoms with Gasteiger partial charge in [-0.1, -0.05) is 13.3 Å². The lowest BCUT2D eigenvalue weighted by Gasteiger charge is -2.37. The van der Waals surface area contributed by atoms with Crippen LogP contribution >= 0.6 is 0 Å². The highest BCUT2D eigenvalue weighted by atomic mass is 19.4. The fourth-order valence-corrected chi connectivity index (χ4v) is 5.33. The van der Waals surface area contributed by atoms with Gasteiger partial charge in [0.2, 0.25) is 0 Å². The average molecular weight is 447 g/mol. The molecule has 2 saturated carbocycles. The number of aryl methyl sites for hydroxylation is 1. The number of halogens is 5. The molecule has 31 heavy (non-hydrogen) atoms. The Morgan fingerprint density at radius 3 is 1.94 bits per heavy atom. The molecule has 1 aromatic rings. The molecule has 0 amide bonds. The van der Waals surface area contributed by atoms with Crippen LogP contribution in [0.3, 0.4) is 0 Å². The van der Waals surface area contributed by atoms with E-state index in [0.717, 1.165) is 51.4 Å². The Labute approximate surface area is 180 Å². The van der Waals surface area contributed by atoms with Gasteiger partial charge in [0, 0.05) is 5.56 Å². The molecule has 0 saturated heterocycles. The van der Waals surface area contributed by atoms with Crippen LogP contribution in [0.4, 0.5) is 22.0 Å². The molecule has 0 atom stereocenters. The lowest BCUT2D eigenvalue weighted by molar-refractivity contribution is -0.206. The van der Waals surface area contributed by atoms with Crippen LogP contribution in [-0.4, -0.2) is 18.2 Å². The van der Waals surface area contributed by atoms with E-state index in [1.54, 1.807) is 0 Å². The van der Waals surface area contributed by atoms with Crippen LogP contribution in [0.1, 0.15) is 88.2 Å². The molecule has 2 fully saturated rings. The van der Waals surface area contributed by atoms with Gasteiger partial charge in [0.25, 0.3) is 0 Å². The Kier molecular flexibility index (Phi) is 7.98. The molecule has 0 heterocycles. The van der Waals surface area contributed by atoms with Crippen LogP contribution in [0.25, 0.3) is 0 Å². The molecule has 0 aromatic heterocycles. The van der Waals surface area contributed by atoms with E-state index >= 15 is 0 Å². The van der Waals surface area contributed by atoms with E-state index in [-0.39, 0.29) is 11.5 Å². The van der Waals surface area contributed by atoms with Crippen LogP contribution in [0.2, 0.25) is 0 Å². The first-order valence-corrected chi connectivity index (χ1v) is 11.4. The summed E-state index contributed by atoms with van der Waals surface area (Å²) in [5.74, 6) is -2.34. The van der Waals surface area contributed by atoms with Crippen LogP contribution in [0.5, 0.6) is 0 Å². The molecule has 1 aromatic carbocycles. The van der Waals surface area contributed by atoms with Crippen molar-refractivity contribution in [2.24, 2.45) is 11.8 Å². The highest BCUT2D eigenvalue weighted by Crippen LogP contribution is 2.44. The maximum atomic E-state index is 14.6. The molecule has 3 rings (SSSR count). The summed E-state index contributed by atoms with van der Waals surface area (Å²) in [6, 6.07) is 2.95. The predicted molar refractivity (Wildman–Crippen MR) is 108 cm³/mol. The van der Waals surface area contributed by atoms with Gasteiger partial charge < -0.3 is 4.74 Å². The van der Waals surface area contributed by atoms with Gasteiger partial charge in [0.1, 0.15) is 17.7 Å². The minimum Gasteiger partial charge on any atom is -0.456 e. The number of alkyl halides is 3. The first kappa shape index (κ1) is 24.0. The predicted octanol–water partition coefficient (Wildman–Crippen LogP) is 7.25. The summed E-state index contributed by atoms with van der Waals surface area (Å²) >= 11 is 0.